The fraction of sp³-hybridized carbons (Fsp3) is 0.667. The summed E-state index contributed by atoms with van der Waals surface area (Å²) in [4.78, 5) is 0. The van der Waals surface area contributed by atoms with E-state index in [-0.39, 0.29) is 0 Å². The molecule has 0 aromatic heterocycles. The van der Waals surface area contributed by atoms with E-state index in [4.69, 9.17) is 0 Å². The van der Waals surface area contributed by atoms with Gasteiger partial charge in [0.25, 0.3) is 0 Å². The Kier molecular flexibility index (Phi) is 3.13. The van der Waals surface area contributed by atoms with Gasteiger partial charge in [0, 0.05) is 0 Å². The first kappa shape index (κ1) is 9.57. The summed E-state index contributed by atoms with van der Waals surface area (Å²) in [6.45, 7) is 9.05. The summed E-state index contributed by atoms with van der Waals surface area (Å²) in [5, 5.41) is 0. The monoisotopic (exact) mass is 164 g/mol. The van der Waals surface area contributed by atoms with E-state index in [1.165, 1.54) is 6.42 Å². The summed E-state index contributed by atoms with van der Waals surface area (Å²) in [7, 11) is 0. The van der Waals surface area contributed by atoms with Crippen molar-refractivity contribution in [3.05, 3.63) is 23.8 Å². The fourth-order valence-corrected chi connectivity index (χ4v) is 2.38. The van der Waals surface area contributed by atoms with E-state index in [1.54, 1.807) is 5.57 Å². The second-order valence-electron chi connectivity index (χ2n) is 4.16. The van der Waals surface area contributed by atoms with Crippen LogP contribution < -0.4 is 0 Å². The van der Waals surface area contributed by atoms with Gasteiger partial charge in [0.2, 0.25) is 0 Å². The highest BCUT2D eigenvalue weighted by Crippen LogP contribution is 2.34. The SMILES string of the molecule is C/C=C\C1C(C)C=C(C)CC1C. The Morgan fingerprint density at radius 3 is 2.58 bits per heavy atom. The Bertz CT molecular complexity index is 198. The molecule has 1 aliphatic rings. The molecule has 0 nitrogen and oxygen atoms in total. The quantitative estimate of drug-likeness (QED) is 0.517. The van der Waals surface area contributed by atoms with Crippen molar-refractivity contribution in [1.82, 2.24) is 0 Å². The third-order valence-electron chi connectivity index (χ3n) is 2.87. The van der Waals surface area contributed by atoms with E-state index in [1.807, 2.05) is 0 Å². The van der Waals surface area contributed by atoms with Crippen LogP contribution in [0.15, 0.2) is 23.8 Å². The van der Waals surface area contributed by atoms with Crippen molar-refractivity contribution in [3.8, 4) is 0 Å². The number of hydrogen-bond acceptors (Lipinski definition) is 0. The van der Waals surface area contributed by atoms with Crippen LogP contribution in [0, 0.1) is 17.8 Å². The van der Waals surface area contributed by atoms with Crippen LogP contribution in [0.5, 0.6) is 0 Å². The maximum atomic E-state index is 2.42. The topological polar surface area (TPSA) is 0 Å². The zero-order chi connectivity index (χ0) is 9.14. The van der Waals surface area contributed by atoms with Crippen LogP contribution in [0.4, 0.5) is 0 Å². The molecule has 0 aromatic rings. The molecule has 0 amide bonds. The highest BCUT2D eigenvalue weighted by molar-refractivity contribution is 5.11. The first-order chi connectivity index (χ1) is 5.65. The van der Waals surface area contributed by atoms with E-state index in [2.05, 4.69) is 45.9 Å². The van der Waals surface area contributed by atoms with Gasteiger partial charge in [-0.15, -0.1) is 0 Å². The summed E-state index contributed by atoms with van der Waals surface area (Å²) in [5.74, 6) is 2.31. The van der Waals surface area contributed by atoms with Gasteiger partial charge in [-0.25, -0.2) is 0 Å². The average molecular weight is 164 g/mol. The minimum atomic E-state index is 0.727. The summed E-state index contributed by atoms with van der Waals surface area (Å²) >= 11 is 0. The van der Waals surface area contributed by atoms with Gasteiger partial charge in [-0.05, 0) is 38.0 Å². The molecule has 0 heterocycles. The Morgan fingerprint density at radius 1 is 1.42 bits per heavy atom. The van der Waals surface area contributed by atoms with Crippen molar-refractivity contribution < 1.29 is 0 Å². The normalized spacial score (nSPS) is 37.0. The molecule has 1 rings (SSSR count). The Morgan fingerprint density at radius 2 is 2.08 bits per heavy atom. The van der Waals surface area contributed by atoms with Gasteiger partial charge in [-0.2, -0.15) is 0 Å². The highest BCUT2D eigenvalue weighted by Gasteiger charge is 2.23. The number of rotatable bonds is 1. The fourth-order valence-electron chi connectivity index (χ4n) is 2.38. The minimum absolute atomic E-state index is 0.727. The highest BCUT2D eigenvalue weighted by atomic mass is 14.3. The van der Waals surface area contributed by atoms with Crippen LogP contribution in [0.1, 0.15) is 34.1 Å². The lowest BCUT2D eigenvalue weighted by Crippen LogP contribution is -2.21. The van der Waals surface area contributed by atoms with Gasteiger partial charge in [0.1, 0.15) is 0 Å². The van der Waals surface area contributed by atoms with Crippen LogP contribution in [0.2, 0.25) is 0 Å². The van der Waals surface area contributed by atoms with Gasteiger partial charge in [-0.3, -0.25) is 0 Å². The standard InChI is InChI=1S/C12H20/c1-5-6-12-10(3)7-9(2)8-11(12)4/h5-7,10-12H,8H2,1-4H3/b6-5-. The molecule has 0 aromatic carbocycles. The van der Waals surface area contributed by atoms with E-state index >= 15 is 0 Å². The number of allylic oxidation sites excluding steroid dienone is 4. The second kappa shape index (κ2) is 3.93. The van der Waals surface area contributed by atoms with Crippen LogP contribution in [0.25, 0.3) is 0 Å². The Hall–Kier alpha value is -0.520. The Balaban J connectivity index is 2.75. The van der Waals surface area contributed by atoms with Crippen LogP contribution in [-0.4, -0.2) is 0 Å². The third kappa shape index (κ3) is 2.00. The van der Waals surface area contributed by atoms with E-state index in [0.29, 0.717) is 0 Å². The lowest BCUT2D eigenvalue weighted by molar-refractivity contribution is 0.333. The molecular formula is C12H20. The molecule has 1 aliphatic carbocycles. The van der Waals surface area contributed by atoms with Gasteiger partial charge in [-0.1, -0.05) is 37.6 Å². The van der Waals surface area contributed by atoms with Crippen molar-refractivity contribution in [2.75, 3.05) is 0 Å². The molecule has 3 unspecified atom stereocenters. The summed E-state index contributed by atoms with van der Waals surface area (Å²) in [6.07, 6.45) is 8.24. The Labute approximate surface area is 76.4 Å². The van der Waals surface area contributed by atoms with Gasteiger partial charge < -0.3 is 0 Å². The lowest BCUT2D eigenvalue weighted by atomic mass is 9.75. The predicted molar refractivity (Wildman–Crippen MR) is 55.0 cm³/mol. The summed E-state index contributed by atoms with van der Waals surface area (Å²) in [6, 6.07) is 0. The van der Waals surface area contributed by atoms with E-state index in [9.17, 15) is 0 Å². The van der Waals surface area contributed by atoms with Gasteiger partial charge in [0.05, 0.1) is 0 Å². The van der Waals surface area contributed by atoms with Crippen molar-refractivity contribution in [3.63, 3.8) is 0 Å². The maximum Gasteiger partial charge on any atom is -0.0144 e. The molecule has 0 saturated heterocycles. The van der Waals surface area contributed by atoms with Crippen molar-refractivity contribution in [2.24, 2.45) is 17.8 Å². The minimum Gasteiger partial charge on any atom is -0.0914 e. The molecule has 0 radical (unpaired) electrons. The van der Waals surface area contributed by atoms with Crippen LogP contribution in [-0.2, 0) is 0 Å². The van der Waals surface area contributed by atoms with E-state index in [0.717, 1.165) is 17.8 Å². The van der Waals surface area contributed by atoms with Gasteiger partial charge in [0.15, 0.2) is 0 Å². The van der Waals surface area contributed by atoms with Crippen molar-refractivity contribution >= 4 is 0 Å². The zero-order valence-electron chi connectivity index (χ0n) is 8.67. The third-order valence-corrected chi connectivity index (χ3v) is 2.87. The largest absolute Gasteiger partial charge is 0.0914 e. The molecular weight excluding hydrogens is 144 g/mol. The average Bonchev–Trinajstić information content (AvgIpc) is 1.96. The lowest BCUT2D eigenvalue weighted by Gasteiger charge is -2.30. The van der Waals surface area contributed by atoms with Crippen molar-refractivity contribution in [1.29, 1.82) is 0 Å². The molecule has 68 valence electrons. The molecule has 0 spiro atoms. The molecule has 3 atom stereocenters. The molecule has 12 heavy (non-hydrogen) atoms. The van der Waals surface area contributed by atoms with Crippen LogP contribution >= 0.6 is 0 Å². The first-order valence-corrected chi connectivity index (χ1v) is 4.95. The molecule has 0 bridgehead atoms. The smallest absolute Gasteiger partial charge is 0.0144 e. The molecule has 0 saturated carbocycles. The number of hydrogen-bond donors (Lipinski definition) is 0. The molecule has 0 aliphatic heterocycles. The first-order valence-electron chi connectivity index (χ1n) is 4.95. The molecule has 0 heteroatoms. The summed E-state index contributed by atoms with van der Waals surface area (Å²) in [5.41, 5.74) is 1.57. The molecule has 0 fully saturated rings. The van der Waals surface area contributed by atoms with Crippen molar-refractivity contribution in [2.45, 2.75) is 34.1 Å². The van der Waals surface area contributed by atoms with E-state index < -0.39 is 0 Å². The van der Waals surface area contributed by atoms with Gasteiger partial charge >= 0.3 is 0 Å². The van der Waals surface area contributed by atoms with Crippen LogP contribution in [0.3, 0.4) is 0 Å². The zero-order valence-corrected chi connectivity index (χ0v) is 8.67. The molecule has 0 N–H and O–H groups in total. The summed E-state index contributed by atoms with van der Waals surface area (Å²) < 4.78 is 0. The second-order valence-corrected chi connectivity index (χ2v) is 4.16. The maximum absolute atomic E-state index is 2.42. The predicted octanol–water partition coefficient (Wildman–Crippen LogP) is 3.80.